The van der Waals surface area contributed by atoms with Crippen molar-refractivity contribution in [3.8, 4) is 34.5 Å². The zero-order valence-electron chi connectivity index (χ0n) is 23.4. The summed E-state index contributed by atoms with van der Waals surface area (Å²) in [5.41, 5.74) is 5.93. The molecule has 0 fully saturated rings. The van der Waals surface area contributed by atoms with Gasteiger partial charge in [-0.3, -0.25) is 9.48 Å². The third-order valence-electron chi connectivity index (χ3n) is 5.81. The topological polar surface area (TPSA) is 100 Å². The van der Waals surface area contributed by atoms with Gasteiger partial charge in [-0.25, -0.2) is 4.98 Å². The van der Waals surface area contributed by atoms with E-state index in [1.165, 1.54) is 0 Å². The van der Waals surface area contributed by atoms with Crippen molar-refractivity contribution in [3.05, 3.63) is 64.7 Å². The van der Waals surface area contributed by atoms with Gasteiger partial charge in [-0.2, -0.15) is 5.10 Å². The summed E-state index contributed by atoms with van der Waals surface area (Å²) in [6, 6.07) is 15.7. The number of hydrogen-bond acceptors (Lipinski definition) is 6. The van der Waals surface area contributed by atoms with Crippen LogP contribution in [0.1, 0.15) is 31.9 Å². The number of carboxylic acids is 1. The first kappa shape index (κ1) is 30.6. The van der Waals surface area contributed by atoms with Gasteiger partial charge in [-0.1, -0.05) is 23.7 Å². The second-order valence-electron chi connectivity index (χ2n) is 10.1. The second-order valence-corrected chi connectivity index (χ2v) is 11.6. The van der Waals surface area contributed by atoms with Crippen LogP contribution in [0.15, 0.2) is 48.5 Å². The molecule has 0 spiro atoms. The molecule has 0 saturated carbocycles. The number of terminal acetylenes is 1. The summed E-state index contributed by atoms with van der Waals surface area (Å²) in [6.45, 7) is 7.17. The molecule has 0 aliphatic rings. The first-order chi connectivity index (χ1) is 18.9. The molecule has 2 heterocycles. The van der Waals surface area contributed by atoms with Gasteiger partial charge >= 0.3 is 5.97 Å². The van der Waals surface area contributed by atoms with E-state index < -0.39 is 11.6 Å². The smallest absolute Gasteiger partial charge is 0.307 e. The van der Waals surface area contributed by atoms with Crippen LogP contribution in [0.4, 0.5) is 5.82 Å². The number of nitrogens with zero attached hydrogens (tertiary/aromatic N) is 3. The zero-order valence-corrected chi connectivity index (χ0v) is 25.0. The summed E-state index contributed by atoms with van der Waals surface area (Å²) in [5.74, 6) is -0.0454. The monoisotopic (exact) mass is 576 g/mol. The van der Waals surface area contributed by atoms with Crippen LogP contribution in [-0.2, 0) is 18.3 Å². The van der Waals surface area contributed by atoms with Crippen molar-refractivity contribution < 1.29 is 15.0 Å². The van der Waals surface area contributed by atoms with Crippen molar-refractivity contribution in [2.24, 2.45) is 7.05 Å². The number of aromatic nitrogens is 3. The molecule has 0 aliphatic heterocycles. The summed E-state index contributed by atoms with van der Waals surface area (Å²) < 4.78 is 2.82. The number of hydrogen-bond donors (Lipinski definition) is 3. The van der Waals surface area contributed by atoms with Crippen molar-refractivity contribution in [3.63, 3.8) is 0 Å². The molecular formula is C31H33ClN4O3S. The van der Waals surface area contributed by atoms with Gasteiger partial charge in [-0.05, 0) is 80.8 Å². The van der Waals surface area contributed by atoms with Gasteiger partial charge in [0.25, 0.3) is 0 Å². The lowest BCUT2D eigenvalue weighted by atomic mass is 9.93. The lowest BCUT2D eigenvalue weighted by molar-refractivity contribution is -0.136. The Labute approximate surface area is 243 Å². The molecule has 0 atom stereocenters. The minimum atomic E-state index is -0.862. The Kier molecular flexibility index (Phi) is 9.59. The first-order valence-corrected chi connectivity index (χ1v) is 13.7. The summed E-state index contributed by atoms with van der Waals surface area (Å²) in [5, 5.41) is 28.3. The molecule has 3 aromatic carbocycles. The summed E-state index contributed by atoms with van der Waals surface area (Å²) >= 11 is 7.69. The summed E-state index contributed by atoms with van der Waals surface area (Å²) in [7, 11) is 3.78. The van der Waals surface area contributed by atoms with E-state index in [4.69, 9.17) is 21.7 Å². The molecule has 3 N–H and O–H groups in total. The molecule has 0 amide bonds. The molecule has 0 saturated heterocycles. The number of carboxylic acid groups (broad SMARTS) is 1. The quantitative estimate of drug-likeness (QED) is 0.192. The third-order valence-corrected chi connectivity index (χ3v) is 7.20. The van der Waals surface area contributed by atoms with Crippen molar-refractivity contribution in [2.75, 3.05) is 12.4 Å². The third kappa shape index (κ3) is 6.99. The van der Waals surface area contributed by atoms with E-state index >= 15 is 0 Å². The normalized spacial score (nSPS) is 10.9. The van der Waals surface area contributed by atoms with Crippen LogP contribution >= 0.6 is 22.9 Å². The highest BCUT2D eigenvalue weighted by Gasteiger charge is 2.20. The number of benzene rings is 3. The molecule has 0 bridgehead atoms. The largest absolute Gasteiger partial charge is 0.481 e. The van der Waals surface area contributed by atoms with Gasteiger partial charge in [0, 0.05) is 35.6 Å². The Hall–Kier alpha value is -3.90. The number of fused-ring (bicyclic) bond motifs is 2. The van der Waals surface area contributed by atoms with E-state index in [-0.39, 0.29) is 6.42 Å². The second kappa shape index (κ2) is 12.5. The Balaban J connectivity index is 0.000000570. The number of aliphatic carboxylic acids is 1. The van der Waals surface area contributed by atoms with E-state index in [2.05, 4.69) is 29.3 Å². The maximum atomic E-state index is 11.7. The SMILES string of the molecule is C#C.CC(C)(C)O.CNc1nn(C)c2ccc(-c3nc4cc(C)c(CC(=O)O)c(-c5ccc(Cl)cc5)c4s3)cc12. The van der Waals surface area contributed by atoms with Crippen LogP contribution in [0, 0.1) is 19.8 Å². The van der Waals surface area contributed by atoms with Crippen molar-refractivity contribution in [1.29, 1.82) is 0 Å². The Morgan fingerprint density at radius 3 is 2.27 bits per heavy atom. The van der Waals surface area contributed by atoms with Gasteiger partial charge in [0.1, 0.15) is 5.01 Å². The lowest BCUT2D eigenvalue weighted by Crippen LogP contribution is -2.10. The van der Waals surface area contributed by atoms with Gasteiger partial charge in [0.05, 0.1) is 27.8 Å². The van der Waals surface area contributed by atoms with Crippen LogP contribution < -0.4 is 5.32 Å². The molecule has 5 aromatic rings. The van der Waals surface area contributed by atoms with Gasteiger partial charge in [0.2, 0.25) is 0 Å². The fourth-order valence-corrected chi connectivity index (χ4v) is 5.50. The first-order valence-electron chi connectivity index (χ1n) is 12.5. The fourth-order valence-electron chi connectivity index (χ4n) is 4.24. The average Bonchev–Trinajstić information content (AvgIpc) is 3.45. The van der Waals surface area contributed by atoms with E-state index in [0.717, 1.165) is 59.8 Å². The van der Waals surface area contributed by atoms with Crippen molar-refractivity contribution in [2.45, 2.75) is 39.7 Å². The highest BCUT2D eigenvalue weighted by molar-refractivity contribution is 7.22. The van der Waals surface area contributed by atoms with Crippen molar-refractivity contribution >= 4 is 55.8 Å². The maximum absolute atomic E-state index is 11.7. The fraction of sp³-hybridized carbons (Fsp3) is 0.258. The molecular weight excluding hydrogens is 544 g/mol. The predicted octanol–water partition coefficient (Wildman–Crippen LogP) is 7.17. The number of aliphatic hydroxyl groups is 1. The highest BCUT2D eigenvalue weighted by Crippen LogP contribution is 2.41. The molecule has 40 heavy (non-hydrogen) atoms. The van der Waals surface area contributed by atoms with E-state index in [9.17, 15) is 9.90 Å². The molecule has 0 aliphatic carbocycles. The molecule has 5 rings (SSSR count). The van der Waals surface area contributed by atoms with Crippen LogP contribution in [0.2, 0.25) is 5.02 Å². The molecule has 0 unspecified atom stereocenters. The summed E-state index contributed by atoms with van der Waals surface area (Å²) in [4.78, 5) is 16.6. The number of carbonyl (C=O) groups is 1. The number of halogens is 1. The molecule has 208 valence electrons. The van der Waals surface area contributed by atoms with Crippen LogP contribution in [0.5, 0.6) is 0 Å². The average molecular weight is 577 g/mol. The van der Waals surface area contributed by atoms with Gasteiger partial charge < -0.3 is 15.5 Å². The van der Waals surface area contributed by atoms with E-state index in [1.807, 2.05) is 68.2 Å². The lowest BCUT2D eigenvalue weighted by Gasteiger charge is -2.13. The molecule has 7 nitrogen and oxygen atoms in total. The minimum Gasteiger partial charge on any atom is -0.481 e. The Bertz CT molecular complexity index is 1670. The van der Waals surface area contributed by atoms with E-state index in [0.29, 0.717) is 5.02 Å². The number of thiazole rings is 1. The summed E-state index contributed by atoms with van der Waals surface area (Å²) in [6.07, 6.45) is 7.94. The van der Waals surface area contributed by atoms with E-state index in [1.54, 1.807) is 32.1 Å². The van der Waals surface area contributed by atoms with Gasteiger partial charge in [-0.15, -0.1) is 24.2 Å². The van der Waals surface area contributed by atoms with Crippen LogP contribution in [0.3, 0.4) is 0 Å². The van der Waals surface area contributed by atoms with Gasteiger partial charge in [0.15, 0.2) is 5.82 Å². The highest BCUT2D eigenvalue weighted by atomic mass is 35.5. The predicted molar refractivity (Wildman–Crippen MR) is 167 cm³/mol. The molecule has 2 aromatic heterocycles. The minimum absolute atomic E-state index is 0.0554. The number of rotatable bonds is 5. The number of aryl methyl sites for hydroxylation is 2. The zero-order chi connectivity index (χ0) is 29.8. The molecule has 0 radical (unpaired) electrons. The molecule has 9 heteroatoms. The van der Waals surface area contributed by atoms with Crippen LogP contribution in [0.25, 0.3) is 42.8 Å². The Morgan fingerprint density at radius 2 is 1.70 bits per heavy atom. The number of nitrogens with one attached hydrogen (secondary N) is 1. The Morgan fingerprint density at radius 1 is 1.10 bits per heavy atom. The van der Waals surface area contributed by atoms with Crippen molar-refractivity contribution in [1.82, 2.24) is 14.8 Å². The van der Waals surface area contributed by atoms with Crippen LogP contribution in [-0.4, -0.2) is 43.6 Å². The standard InChI is InChI=1S/C25H21ClN4O2S.C4H10O.C2H2/c1-13-10-19-23(22(17(13)12-21(31)32)14-4-7-16(26)8-5-14)33-25(28-19)15-6-9-20-18(11-15)24(27-2)29-30(20)3;1-4(2,3)5;1-2/h4-11H,12H2,1-3H3,(H,27,29)(H,31,32);5H,1-3H3;1-2H. The number of anilines is 1. The maximum Gasteiger partial charge on any atom is 0.307 e.